The van der Waals surface area contributed by atoms with Gasteiger partial charge >= 0.3 is 0 Å². The van der Waals surface area contributed by atoms with Crippen LogP contribution in [0, 0.1) is 27.7 Å². The van der Waals surface area contributed by atoms with Gasteiger partial charge in [0.05, 0.1) is 22.1 Å². The van der Waals surface area contributed by atoms with Crippen molar-refractivity contribution in [3.05, 3.63) is 58.2 Å². The second kappa shape index (κ2) is 9.67. The monoisotopic (exact) mass is 416 g/mol. The fourth-order valence-electron chi connectivity index (χ4n) is 4.43. The fraction of sp³-hybridized carbons (Fsp3) is 0.481. The highest BCUT2D eigenvalue weighted by Crippen LogP contribution is 2.21. The zero-order chi connectivity index (χ0) is 21.8. The maximum absolute atomic E-state index is 4.82. The third kappa shape index (κ3) is 5.00. The molecule has 2 N–H and O–H groups in total. The summed E-state index contributed by atoms with van der Waals surface area (Å²) in [7, 11) is 0. The van der Waals surface area contributed by atoms with Gasteiger partial charge in [-0.15, -0.1) is 0 Å². The fourth-order valence-corrected chi connectivity index (χ4v) is 4.43. The molecule has 0 fully saturated rings. The number of H-pyrrole nitrogens is 2. The minimum absolute atomic E-state index is 1.05. The number of hydrogen-bond acceptors (Lipinski definition) is 2. The van der Waals surface area contributed by atoms with Crippen molar-refractivity contribution in [2.45, 2.75) is 85.5 Å². The molecule has 0 unspecified atom stereocenters. The summed E-state index contributed by atoms with van der Waals surface area (Å²) in [4.78, 5) is 16.6. The van der Waals surface area contributed by atoms with E-state index in [-0.39, 0.29) is 0 Å². The Morgan fingerprint density at radius 2 is 0.935 bits per heavy atom. The molecule has 2 heterocycles. The van der Waals surface area contributed by atoms with Crippen molar-refractivity contribution in [3.63, 3.8) is 0 Å². The Kier molecular flexibility index (Phi) is 6.74. The molecule has 0 bridgehead atoms. The number of rotatable bonds is 10. The molecule has 0 spiro atoms. The Bertz CT molecular complexity index is 1070. The number of aromatic nitrogens is 4. The summed E-state index contributed by atoms with van der Waals surface area (Å²) in [6.45, 7) is 8.64. The summed E-state index contributed by atoms with van der Waals surface area (Å²) in [6, 6.07) is 8.66. The van der Waals surface area contributed by atoms with Crippen molar-refractivity contribution in [3.8, 4) is 0 Å². The minimum Gasteiger partial charge on any atom is -0.342 e. The third-order valence-electron chi connectivity index (χ3n) is 6.78. The number of nitrogens with one attached hydrogen (secondary N) is 2. The summed E-state index contributed by atoms with van der Waals surface area (Å²) in [5, 5.41) is 0. The summed E-state index contributed by atoms with van der Waals surface area (Å²) in [5.74, 6) is 2.28. The van der Waals surface area contributed by atoms with Crippen molar-refractivity contribution in [2.75, 3.05) is 0 Å². The van der Waals surface area contributed by atoms with E-state index < -0.39 is 0 Å². The maximum Gasteiger partial charge on any atom is 0.107 e. The van der Waals surface area contributed by atoms with Gasteiger partial charge in [0.15, 0.2) is 0 Å². The first-order chi connectivity index (χ1) is 15.0. The van der Waals surface area contributed by atoms with E-state index in [9.17, 15) is 0 Å². The second-order valence-corrected chi connectivity index (χ2v) is 9.15. The summed E-state index contributed by atoms with van der Waals surface area (Å²) < 4.78 is 0. The first-order valence-electron chi connectivity index (χ1n) is 11.9. The largest absolute Gasteiger partial charge is 0.342 e. The van der Waals surface area contributed by atoms with Crippen LogP contribution in [0.5, 0.6) is 0 Å². The number of imidazole rings is 2. The molecule has 164 valence electrons. The van der Waals surface area contributed by atoms with Crippen LogP contribution in [-0.4, -0.2) is 19.9 Å². The van der Waals surface area contributed by atoms with Crippen molar-refractivity contribution < 1.29 is 0 Å². The summed E-state index contributed by atoms with van der Waals surface area (Å²) in [6.07, 6.45) is 11.1. The average molecular weight is 417 g/mol. The van der Waals surface area contributed by atoms with E-state index in [4.69, 9.17) is 9.97 Å². The van der Waals surface area contributed by atoms with Gasteiger partial charge in [0.2, 0.25) is 0 Å². The van der Waals surface area contributed by atoms with Crippen molar-refractivity contribution >= 4 is 22.1 Å². The van der Waals surface area contributed by atoms with Gasteiger partial charge in [-0.05, 0) is 74.9 Å². The summed E-state index contributed by atoms with van der Waals surface area (Å²) in [5.41, 5.74) is 9.86. The molecule has 4 rings (SSSR count). The Morgan fingerprint density at radius 3 is 1.35 bits per heavy atom. The lowest BCUT2D eigenvalue weighted by Gasteiger charge is -2.01. The quantitative estimate of drug-likeness (QED) is 0.269. The van der Waals surface area contributed by atoms with Crippen molar-refractivity contribution in [1.29, 1.82) is 0 Å². The molecule has 2 aromatic heterocycles. The predicted octanol–water partition coefficient (Wildman–Crippen LogP) is 7.19. The molecule has 4 aromatic rings. The molecule has 2 aromatic carbocycles. The highest BCUT2D eigenvalue weighted by molar-refractivity contribution is 5.80. The number of nitrogens with zero attached hydrogens (tertiary/aromatic N) is 2. The topological polar surface area (TPSA) is 57.4 Å². The van der Waals surface area contributed by atoms with E-state index in [2.05, 4.69) is 61.9 Å². The lowest BCUT2D eigenvalue weighted by atomic mass is 10.1. The van der Waals surface area contributed by atoms with E-state index >= 15 is 0 Å². The molecule has 0 aliphatic rings. The first-order valence-corrected chi connectivity index (χ1v) is 11.9. The van der Waals surface area contributed by atoms with E-state index in [1.54, 1.807) is 0 Å². The Hall–Kier alpha value is -2.62. The van der Waals surface area contributed by atoms with Gasteiger partial charge < -0.3 is 9.97 Å². The molecular formula is C27H36N4. The number of unbranched alkanes of at least 4 members (excludes halogenated alkanes) is 6. The van der Waals surface area contributed by atoms with Crippen LogP contribution in [-0.2, 0) is 12.8 Å². The standard InChI is InChI=1S/C27H36N4/c1-18-14-16-22-26(20(18)3)30-24(28-22)12-10-8-6-5-7-9-11-13-25-29-23-17-15-19(2)21(4)27(23)31-25/h14-17H,5-13H2,1-4H3,(H,28,30)(H,29,31). The molecule has 4 heteroatoms. The number of aromatic amines is 2. The lowest BCUT2D eigenvalue weighted by Crippen LogP contribution is -1.90. The van der Waals surface area contributed by atoms with Gasteiger partial charge in [0, 0.05) is 12.8 Å². The van der Waals surface area contributed by atoms with Gasteiger partial charge in [-0.1, -0.05) is 44.2 Å². The van der Waals surface area contributed by atoms with Crippen LogP contribution in [0.2, 0.25) is 0 Å². The molecule has 0 atom stereocenters. The van der Waals surface area contributed by atoms with Gasteiger partial charge in [-0.3, -0.25) is 0 Å². The highest BCUT2D eigenvalue weighted by Gasteiger charge is 2.08. The molecule has 0 aliphatic carbocycles. The van der Waals surface area contributed by atoms with Crippen molar-refractivity contribution in [1.82, 2.24) is 19.9 Å². The number of hydrogen-bond donors (Lipinski definition) is 2. The molecule has 31 heavy (non-hydrogen) atoms. The van der Waals surface area contributed by atoms with E-state index in [1.807, 2.05) is 0 Å². The van der Waals surface area contributed by atoms with E-state index in [1.165, 1.54) is 78.2 Å². The highest BCUT2D eigenvalue weighted by atomic mass is 14.9. The van der Waals surface area contributed by atoms with Gasteiger partial charge in [0.25, 0.3) is 0 Å². The maximum atomic E-state index is 4.82. The summed E-state index contributed by atoms with van der Waals surface area (Å²) >= 11 is 0. The van der Waals surface area contributed by atoms with Gasteiger partial charge in [-0.2, -0.15) is 0 Å². The average Bonchev–Trinajstić information content (AvgIpc) is 3.37. The molecule has 0 saturated heterocycles. The third-order valence-corrected chi connectivity index (χ3v) is 6.78. The van der Waals surface area contributed by atoms with Crippen LogP contribution < -0.4 is 0 Å². The van der Waals surface area contributed by atoms with E-state index in [0.29, 0.717) is 0 Å². The van der Waals surface area contributed by atoms with Crippen LogP contribution in [0.3, 0.4) is 0 Å². The van der Waals surface area contributed by atoms with Crippen LogP contribution >= 0.6 is 0 Å². The number of fused-ring (bicyclic) bond motifs is 2. The molecular weight excluding hydrogens is 380 g/mol. The normalized spacial score (nSPS) is 11.7. The van der Waals surface area contributed by atoms with Crippen LogP contribution in [0.1, 0.15) is 78.8 Å². The lowest BCUT2D eigenvalue weighted by molar-refractivity contribution is 0.573. The van der Waals surface area contributed by atoms with Crippen LogP contribution in [0.25, 0.3) is 22.1 Å². The molecule has 0 amide bonds. The second-order valence-electron chi connectivity index (χ2n) is 9.15. The zero-order valence-corrected chi connectivity index (χ0v) is 19.6. The smallest absolute Gasteiger partial charge is 0.107 e. The number of aryl methyl sites for hydroxylation is 6. The molecule has 0 aliphatic heterocycles. The Morgan fingerprint density at radius 1 is 0.548 bits per heavy atom. The van der Waals surface area contributed by atoms with Crippen molar-refractivity contribution in [2.24, 2.45) is 0 Å². The SMILES string of the molecule is Cc1ccc2[nH]c(CCCCCCCCCc3nc4c(C)c(C)ccc4[nH]3)nc2c1C. The van der Waals surface area contributed by atoms with Crippen LogP contribution in [0.15, 0.2) is 24.3 Å². The van der Waals surface area contributed by atoms with Gasteiger partial charge in [-0.25, -0.2) is 9.97 Å². The molecule has 4 nitrogen and oxygen atoms in total. The zero-order valence-electron chi connectivity index (χ0n) is 19.6. The van der Waals surface area contributed by atoms with Gasteiger partial charge in [0.1, 0.15) is 11.6 Å². The molecule has 0 radical (unpaired) electrons. The number of benzene rings is 2. The Labute approximate surface area is 185 Å². The van der Waals surface area contributed by atoms with Crippen LogP contribution in [0.4, 0.5) is 0 Å². The minimum atomic E-state index is 1.05. The molecule has 0 saturated carbocycles. The predicted molar refractivity (Wildman–Crippen MR) is 131 cm³/mol. The van der Waals surface area contributed by atoms with E-state index in [0.717, 1.165) is 35.5 Å². The first kappa shape index (κ1) is 21.6. The Balaban J connectivity index is 1.11.